The average Bonchev–Trinajstić information content (AvgIpc) is 2.87. The van der Waals surface area contributed by atoms with Gasteiger partial charge in [0.2, 0.25) is 5.91 Å². The average molecular weight is 305 g/mol. The van der Waals surface area contributed by atoms with Gasteiger partial charge in [0.05, 0.1) is 0 Å². The van der Waals surface area contributed by atoms with Gasteiger partial charge in [-0.1, -0.05) is 41.4 Å². The Labute approximate surface area is 122 Å². The molecule has 0 aromatic rings. The van der Waals surface area contributed by atoms with Gasteiger partial charge in [0.15, 0.2) is 0 Å². The van der Waals surface area contributed by atoms with Crippen LogP contribution in [0.1, 0.15) is 51.9 Å². The van der Waals surface area contributed by atoms with E-state index in [1.165, 1.54) is 18.6 Å². The van der Waals surface area contributed by atoms with Crippen molar-refractivity contribution < 1.29 is 14.7 Å². The molecule has 4 nitrogen and oxygen atoms in total. The second kappa shape index (κ2) is 9.53. The van der Waals surface area contributed by atoms with Crippen LogP contribution in [0.3, 0.4) is 0 Å². The predicted molar refractivity (Wildman–Crippen MR) is 81.4 cm³/mol. The SMILES string of the molecule is CCCC(NC(=O)CCCC[C@@H]1CCSS1)C(=O)O. The number of rotatable bonds is 9. The van der Waals surface area contributed by atoms with E-state index in [2.05, 4.69) is 5.32 Å². The first-order valence-corrected chi connectivity index (χ1v) is 9.32. The summed E-state index contributed by atoms with van der Waals surface area (Å²) in [6, 6.07) is -0.723. The summed E-state index contributed by atoms with van der Waals surface area (Å²) in [7, 11) is 3.90. The van der Waals surface area contributed by atoms with E-state index in [0.717, 1.165) is 24.5 Å². The summed E-state index contributed by atoms with van der Waals surface area (Å²) in [4.78, 5) is 22.6. The number of unbranched alkanes of at least 4 members (excludes halogenated alkanes) is 1. The molecule has 1 fully saturated rings. The largest absolute Gasteiger partial charge is 0.480 e. The molecule has 1 saturated heterocycles. The van der Waals surface area contributed by atoms with Crippen LogP contribution in [0, 0.1) is 0 Å². The smallest absolute Gasteiger partial charge is 0.326 e. The second-order valence-corrected chi connectivity index (χ2v) is 7.61. The molecule has 2 atom stereocenters. The summed E-state index contributed by atoms with van der Waals surface area (Å²) in [6.07, 6.45) is 6.05. The topological polar surface area (TPSA) is 66.4 Å². The summed E-state index contributed by atoms with van der Waals surface area (Å²) in [5, 5.41) is 12.3. The van der Waals surface area contributed by atoms with Crippen molar-refractivity contribution in [2.75, 3.05) is 5.75 Å². The molecule has 0 aromatic heterocycles. The predicted octanol–water partition coefficient (Wildman–Crippen LogP) is 3.07. The van der Waals surface area contributed by atoms with Crippen molar-refractivity contribution in [1.29, 1.82) is 0 Å². The van der Waals surface area contributed by atoms with Gasteiger partial charge in [0, 0.05) is 17.4 Å². The highest BCUT2D eigenvalue weighted by molar-refractivity contribution is 8.77. The molecule has 0 aromatic carbocycles. The van der Waals surface area contributed by atoms with Crippen molar-refractivity contribution in [2.24, 2.45) is 0 Å². The Kier molecular flexibility index (Phi) is 8.37. The summed E-state index contributed by atoms with van der Waals surface area (Å²) in [5.41, 5.74) is 0. The number of carboxylic acids is 1. The van der Waals surface area contributed by atoms with Crippen molar-refractivity contribution in [2.45, 2.75) is 63.2 Å². The van der Waals surface area contributed by atoms with Crippen LogP contribution >= 0.6 is 21.6 Å². The molecule has 0 saturated carbocycles. The lowest BCUT2D eigenvalue weighted by Gasteiger charge is -2.13. The number of carbonyl (C=O) groups excluding carboxylic acids is 1. The third-order valence-electron chi connectivity index (χ3n) is 3.12. The minimum atomic E-state index is -0.936. The molecular formula is C13H23NO3S2. The van der Waals surface area contributed by atoms with Gasteiger partial charge < -0.3 is 10.4 Å². The van der Waals surface area contributed by atoms with Crippen LogP contribution in [0.4, 0.5) is 0 Å². The Morgan fingerprint density at radius 1 is 1.42 bits per heavy atom. The summed E-state index contributed by atoms with van der Waals surface area (Å²) in [5.74, 6) is 0.177. The summed E-state index contributed by atoms with van der Waals surface area (Å²) < 4.78 is 0. The Balaban J connectivity index is 2.10. The van der Waals surface area contributed by atoms with Crippen LogP contribution in [0.2, 0.25) is 0 Å². The standard InChI is InChI=1S/C13H23NO3S2/c1-2-5-11(13(16)17)14-12(15)7-4-3-6-10-8-9-18-19-10/h10-11H,2-9H2,1H3,(H,14,15)(H,16,17)/t10-,11?/m1/s1. The maximum absolute atomic E-state index is 11.6. The van der Waals surface area contributed by atoms with Gasteiger partial charge in [-0.25, -0.2) is 4.79 Å². The molecule has 0 bridgehead atoms. The number of amides is 1. The van der Waals surface area contributed by atoms with Gasteiger partial charge in [0.1, 0.15) is 6.04 Å². The van der Waals surface area contributed by atoms with Gasteiger partial charge in [-0.3, -0.25) is 4.79 Å². The van der Waals surface area contributed by atoms with Crippen molar-refractivity contribution in [3.8, 4) is 0 Å². The van der Waals surface area contributed by atoms with Crippen LogP contribution in [0.15, 0.2) is 0 Å². The van der Waals surface area contributed by atoms with Crippen LogP contribution < -0.4 is 5.32 Å². The minimum absolute atomic E-state index is 0.130. The first-order chi connectivity index (χ1) is 9.13. The number of nitrogens with one attached hydrogen (secondary N) is 1. The molecule has 2 N–H and O–H groups in total. The molecule has 110 valence electrons. The van der Waals surface area contributed by atoms with Crippen molar-refractivity contribution in [3.05, 3.63) is 0 Å². The molecule has 0 aliphatic carbocycles. The van der Waals surface area contributed by atoms with E-state index in [1.54, 1.807) is 0 Å². The maximum Gasteiger partial charge on any atom is 0.326 e. The van der Waals surface area contributed by atoms with E-state index in [9.17, 15) is 9.59 Å². The first-order valence-electron chi connectivity index (χ1n) is 6.94. The van der Waals surface area contributed by atoms with Crippen LogP contribution in [0.25, 0.3) is 0 Å². The Hall–Kier alpha value is -0.360. The molecule has 1 rings (SSSR count). The molecule has 6 heteroatoms. The highest BCUT2D eigenvalue weighted by atomic mass is 33.1. The van der Waals surface area contributed by atoms with Gasteiger partial charge in [-0.05, 0) is 25.7 Å². The van der Waals surface area contributed by atoms with Gasteiger partial charge in [-0.2, -0.15) is 0 Å². The van der Waals surface area contributed by atoms with Gasteiger partial charge in [0.25, 0.3) is 0 Å². The van der Waals surface area contributed by atoms with Crippen LogP contribution in [-0.4, -0.2) is 34.0 Å². The zero-order valence-electron chi connectivity index (χ0n) is 11.4. The highest BCUT2D eigenvalue weighted by Gasteiger charge is 2.19. The Morgan fingerprint density at radius 3 is 2.79 bits per heavy atom. The number of hydrogen-bond donors (Lipinski definition) is 2. The molecule has 1 unspecified atom stereocenters. The van der Waals surface area contributed by atoms with Crippen molar-refractivity contribution in [3.63, 3.8) is 0 Å². The number of hydrogen-bond acceptors (Lipinski definition) is 4. The fourth-order valence-corrected chi connectivity index (χ4v) is 5.06. The molecule has 1 aliphatic heterocycles. The molecular weight excluding hydrogens is 282 g/mol. The summed E-state index contributed by atoms with van der Waals surface area (Å²) in [6.45, 7) is 1.92. The molecule has 0 radical (unpaired) electrons. The molecule has 1 heterocycles. The minimum Gasteiger partial charge on any atom is -0.480 e. The van der Waals surface area contributed by atoms with E-state index < -0.39 is 12.0 Å². The molecule has 19 heavy (non-hydrogen) atoms. The quantitative estimate of drug-likeness (QED) is 0.506. The number of carboxylic acid groups (broad SMARTS) is 1. The zero-order valence-corrected chi connectivity index (χ0v) is 13.0. The lowest BCUT2D eigenvalue weighted by Crippen LogP contribution is -2.40. The van der Waals surface area contributed by atoms with E-state index >= 15 is 0 Å². The fraction of sp³-hybridized carbons (Fsp3) is 0.846. The van der Waals surface area contributed by atoms with Crippen LogP contribution in [-0.2, 0) is 9.59 Å². The first kappa shape index (κ1) is 16.7. The Morgan fingerprint density at radius 2 is 2.21 bits per heavy atom. The van der Waals surface area contributed by atoms with E-state index in [0.29, 0.717) is 12.8 Å². The second-order valence-electron chi connectivity index (χ2n) is 4.82. The Bertz CT molecular complexity index is 294. The third-order valence-corrected chi connectivity index (χ3v) is 6.12. The highest BCUT2D eigenvalue weighted by Crippen LogP contribution is 2.39. The number of carbonyl (C=O) groups is 2. The lowest BCUT2D eigenvalue weighted by molar-refractivity contribution is -0.142. The monoisotopic (exact) mass is 305 g/mol. The van der Waals surface area contributed by atoms with Gasteiger partial charge >= 0.3 is 5.97 Å². The molecule has 1 amide bonds. The third kappa shape index (κ3) is 7.11. The normalized spacial score (nSPS) is 20.2. The van der Waals surface area contributed by atoms with E-state index in [4.69, 9.17) is 5.11 Å². The molecule has 1 aliphatic rings. The van der Waals surface area contributed by atoms with Crippen LogP contribution in [0.5, 0.6) is 0 Å². The summed E-state index contributed by atoms with van der Waals surface area (Å²) >= 11 is 0. The maximum atomic E-state index is 11.6. The van der Waals surface area contributed by atoms with Crippen molar-refractivity contribution in [1.82, 2.24) is 5.32 Å². The lowest BCUT2D eigenvalue weighted by atomic mass is 10.1. The number of aliphatic carboxylic acids is 1. The molecule has 0 spiro atoms. The van der Waals surface area contributed by atoms with Gasteiger partial charge in [-0.15, -0.1) is 0 Å². The van der Waals surface area contributed by atoms with E-state index in [1.807, 2.05) is 28.5 Å². The van der Waals surface area contributed by atoms with Crippen molar-refractivity contribution >= 4 is 33.5 Å². The fourth-order valence-electron chi connectivity index (χ4n) is 2.03. The van der Waals surface area contributed by atoms with E-state index in [-0.39, 0.29) is 5.91 Å². The zero-order chi connectivity index (χ0) is 14.1.